The maximum absolute atomic E-state index is 11.4. The zero-order valence-electron chi connectivity index (χ0n) is 11.4. The van der Waals surface area contributed by atoms with Crippen molar-refractivity contribution in [2.75, 3.05) is 12.4 Å². The van der Waals surface area contributed by atoms with E-state index in [4.69, 9.17) is 9.47 Å². The molecule has 0 saturated carbocycles. The summed E-state index contributed by atoms with van der Waals surface area (Å²) < 4.78 is 9.79. The first-order valence-electron chi connectivity index (χ1n) is 6.28. The average molecular weight is 320 g/mol. The van der Waals surface area contributed by atoms with E-state index in [1.54, 1.807) is 6.20 Å². The van der Waals surface area contributed by atoms with Crippen molar-refractivity contribution < 1.29 is 19.2 Å². The van der Waals surface area contributed by atoms with Gasteiger partial charge < -0.3 is 9.47 Å². The summed E-state index contributed by atoms with van der Waals surface area (Å²) in [4.78, 5) is 25.5. The number of nitro groups is 1. The molecule has 0 aliphatic rings. The second-order valence-corrected chi connectivity index (χ2v) is 5.08. The molecular weight excluding hydrogens is 308 g/mol. The standard InChI is InChI=1S/C14H12N2O5S/c17-14(20-9-10-22-13-3-1-2-8-15-13)21-12-6-4-11(5-7-12)16(18)19/h1-8H,9-10H2. The lowest BCUT2D eigenvalue weighted by Gasteiger charge is -2.05. The number of thioether (sulfide) groups is 1. The van der Waals surface area contributed by atoms with E-state index < -0.39 is 11.1 Å². The molecular formula is C14H12N2O5S. The van der Waals surface area contributed by atoms with Gasteiger partial charge in [-0.1, -0.05) is 6.07 Å². The van der Waals surface area contributed by atoms with Crippen LogP contribution in [0.2, 0.25) is 0 Å². The zero-order valence-corrected chi connectivity index (χ0v) is 12.2. The highest BCUT2D eigenvalue weighted by atomic mass is 32.2. The van der Waals surface area contributed by atoms with E-state index in [0.717, 1.165) is 5.03 Å². The molecule has 0 atom stereocenters. The van der Waals surface area contributed by atoms with Crippen LogP contribution in [0.1, 0.15) is 0 Å². The smallest absolute Gasteiger partial charge is 0.433 e. The van der Waals surface area contributed by atoms with Crippen molar-refractivity contribution in [3.8, 4) is 5.75 Å². The van der Waals surface area contributed by atoms with E-state index in [2.05, 4.69) is 4.98 Å². The predicted molar refractivity (Wildman–Crippen MR) is 80.0 cm³/mol. The molecule has 1 aromatic heterocycles. The number of nitrogens with zero attached hydrogens (tertiary/aromatic N) is 2. The quantitative estimate of drug-likeness (QED) is 0.201. The molecule has 0 unspecified atom stereocenters. The summed E-state index contributed by atoms with van der Waals surface area (Å²) in [6, 6.07) is 10.7. The number of carbonyl (C=O) groups is 1. The van der Waals surface area contributed by atoms with Crippen LogP contribution in [0.3, 0.4) is 0 Å². The minimum atomic E-state index is -0.851. The molecule has 8 heteroatoms. The fourth-order valence-electron chi connectivity index (χ4n) is 1.47. The summed E-state index contributed by atoms with van der Waals surface area (Å²) >= 11 is 1.46. The van der Waals surface area contributed by atoms with E-state index in [-0.39, 0.29) is 18.0 Å². The van der Waals surface area contributed by atoms with Crippen LogP contribution in [0.4, 0.5) is 10.5 Å². The predicted octanol–water partition coefficient (Wildman–Crippen LogP) is 3.30. The first-order chi connectivity index (χ1) is 10.6. The Bertz CT molecular complexity index is 633. The molecule has 114 valence electrons. The number of pyridine rings is 1. The number of nitro benzene ring substituents is 1. The van der Waals surface area contributed by atoms with E-state index in [9.17, 15) is 14.9 Å². The van der Waals surface area contributed by atoms with Gasteiger partial charge in [0.1, 0.15) is 12.4 Å². The van der Waals surface area contributed by atoms with E-state index >= 15 is 0 Å². The largest absolute Gasteiger partial charge is 0.513 e. The number of hydrogen-bond acceptors (Lipinski definition) is 7. The Balaban J connectivity index is 1.70. The van der Waals surface area contributed by atoms with Crippen molar-refractivity contribution in [1.29, 1.82) is 0 Å². The third-order valence-corrected chi connectivity index (χ3v) is 3.35. The first-order valence-corrected chi connectivity index (χ1v) is 7.26. The van der Waals surface area contributed by atoms with Crippen LogP contribution in [0.15, 0.2) is 53.7 Å². The van der Waals surface area contributed by atoms with Crippen LogP contribution in [0.5, 0.6) is 5.75 Å². The topological polar surface area (TPSA) is 91.6 Å². The van der Waals surface area contributed by atoms with Gasteiger partial charge in [-0.15, -0.1) is 11.8 Å². The minimum absolute atomic E-state index is 0.0764. The zero-order chi connectivity index (χ0) is 15.8. The average Bonchev–Trinajstić information content (AvgIpc) is 2.53. The van der Waals surface area contributed by atoms with Gasteiger partial charge >= 0.3 is 6.16 Å². The summed E-state index contributed by atoms with van der Waals surface area (Å²) in [6.45, 7) is 0.174. The number of rotatable bonds is 6. The normalized spacial score (nSPS) is 10.0. The Morgan fingerprint density at radius 2 is 2.00 bits per heavy atom. The van der Waals surface area contributed by atoms with Crippen molar-refractivity contribution >= 4 is 23.6 Å². The fraction of sp³-hybridized carbons (Fsp3) is 0.143. The Morgan fingerprint density at radius 3 is 2.64 bits per heavy atom. The molecule has 0 fully saturated rings. The molecule has 7 nitrogen and oxygen atoms in total. The monoisotopic (exact) mass is 320 g/mol. The van der Waals surface area contributed by atoms with Gasteiger partial charge in [0.15, 0.2) is 0 Å². The van der Waals surface area contributed by atoms with Crippen LogP contribution in [-0.2, 0) is 4.74 Å². The second-order valence-electron chi connectivity index (χ2n) is 3.97. The van der Waals surface area contributed by atoms with Crippen LogP contribution in [0.25, 0.3) is 0 Å². The number of non-ortho nitro benzene ring substituents is 1. The van der Waals surface area contributed by atoms with Crippen LogP contribution < -0.4 is 4.74 Å². The summed E-state index contributed by atoms with van der Waals surface area (Å²) in [5.41, 5.74) is -0.0764. The highest BCUT2D eigenvalue weighted by molar-refractivity contribution is 7.99. The van der Waals surface area contributed by atoms with Gasteiger partial charge in [-0.2, -0.15) is 0 Å². The molecule has 0 bridgehead atoms. The number of benzene rings is 1. The molecule has 0 N–H and O–H groups in total. The lowest BCUT2D eigenvalue weighted by Crippen LogP contribution is -2.12. The maximum Gasteiger partial charge on any atom is 0.513 e. The number of ether oxygens (including phenoxy) is 2. The molecule has 22 heavy (non-hydrogen) atoms. The van der Waals surface area contributed by atoms with Crippen LogP contribution in [0, 0.1) is 10.1 Å². The van der Waals surface area contributed by atoms with Crippen molar-refractivity contribution in [2.24, 2.45) is 0 Å². The van der Waals surface area contributed by atoms with Crippen LogP contribution in [-0.4, -0.2) is 28.4 Å². The third-order valence-electron chi connectivity index (χ3n) is 2.44. The van der Waals surface area contributed by atoms with E-state index in [1.165, 1.54) is 36.0 Å². The molecule has 0 saturated heterocycles. The molecule has 1 aromatic carbocycles. The van der Waals surface area contributed by atoms with Crippen LogP contribution >= 0.6 is 11.8 Å². The highest BCUT2D eigenvalue weighted by Gasteiger charge is 2.09. The molecule has 2 rings (SSSR count). The molecule has 0 aliphatic carbocycles. The lowest BCUT2D eigenvalue weighted by molar-refractivity contribution is -0.384. The van der Waals surface area contributed by atoms with Gasteiger partial charge in [0.25, 0.3) is 5.69 Å². The van der Waals surface area contributed by atoms with E-state index in [0.29, 0.717) is 5.75 Å². The Kier molecular flexibility index (Phi) is 5.73. The molecule has 0 radical (unpaired) electrons. The third kappa shape index (κ3) is 5.06. The Morgan fingerprint density at radius 1 is 1.23 bits per heavy atom. The summed E-state index contributed by atoms with van der Waals surface area (Å²) in [7, 11) is 0. The molecule has 1 heterocycles. The van der Waals surface area contributed by atoms with Crippen molar-refractivity contribution in [1.82, 2.24) is 4.98 Å². The van der Waals surface area contributed by atoms with Gasteiger partial charge in [0, 0.05) is 24.1 Å². The number of hydrogen-bond donors (Lipinski definition) is 0. The van der Waals surface area contributed by atoms with Crippen molar-refractivity contribution in [3.63, 3.8) is 0 Å². The molecule has 0 amide bonds. The van der Waals surface area contributed by atoms with E-state index in [1.807, 2.05) is 18.2 Å². The van der Waals surface area contributed by atoms with Gasteiger partial charge in [0.05, 0.1) is 9.95 Å². The second kappa shape index (κ2) is 7.99. The summed E-state index contributed by atoms with van der Waals surface area (Å²) in [6.07, 6.45) is 0.835. The summed E-state index contributed by atoms with van der Waals surface area (Å²) in [5, 5.41) is 11.3. The number of carbonyl (C=O) groups excluding carboxylic acids is 1. The van der Waals surface area contributed by atoms with Gasteiger partial charge in [0.2, 0.25) is 0 Å². The maximum atomic E-state index is 11.4. The SMILES string of the molecule is O=C(OCCSc1ccccn1)Oc1ccc([N+](=O)[O-])cc1. The first kappa shape index (κ1) is 15.8. The van der Waals surface area contributed by atoms with Crippen molar-refractivity contribution in [3.05, 3.63) is 58.8 Å². The van der Waals surface area contributed by atoms with Gasteiger partial charge in [-0.05, 0) is 24.3 Å². The Hall–Kier alpha value is -2.61. The summed E-state index contributed by atoms with van der Waals surface area (Å²) in [5.74, 6) is 0.736. The van der Waals surface area contributed by atoms with Gasteiger partial charge in [-0.25, -0.2) is 9.78 Å². The lowest BCUT2D eigenvalue weighted by atomic mass is 10.3. The Labute approximate surface area is 130 Å². The number of aromatic nitrogens is 1. The molecule has 0 spiro atoms. The fourth-order valence-corrected chi connectivity index (χ4v) is 2.15. The highest BCUT2D eigenvalue weighted by Crippen LogP contribution is 2.18. The minimum Gasteiger partial charge on any atom is -0.433 e. The van der Waals surface area contributed by atoms with Gasteiger partial charge in [-0.3, -0.25) is 10.1 Å². The molecule has 0 aliphatic heterocycles. The molecule has 2 aromatic rings. The van der Waals surface area contributed by atoms with Crippen molar-refractivity contribution in [2.45, 2.75) is 5.03 Å².